The minimum atomic E-state index is -0.247. The third-order valence-corrected chi connectivity index (χ3v) is 3.89. The fourth-order valence-corrected chi connectivity index (χ4v) is 2.60. The third-order valence-electron chi connectivity index (χ3n) is 3.89. The molecule has 1 heterocycles. The van der Waals surface area contributed by atoms with E-state index >= 15 is 0 Å². The first-order valence-corrected chi connectivity index (χ1v) is 7.75. The summed E-state index contributed by atoms with van der Waals surface area (Å²) >= 11 is 0. The van der Waals surface area contributed by atoms with Crippen molar-refractivity contribution in [3.63, 3.8) is 0 Å². The largest absolute Gasteiger partial charge is 0.333 e. The number of hydrazone groups is 1. The van der Waals surface area contributed by atoms with Crippen LogP contribution in [-0.2, 0) is 9.59 Å². The second-order valence-electron chi connectivity index (χ2n) is 5.67. The van der Waals surface area contributed by atoms with E-state index in [9.17, 15) is 9.59 Å². The Morgan fingerprint density at radius 1 is 1.27 bits per heavy atom. The summed E-state index contributed by atoms with van der Waals surface area (Å²) in [6.45, 7) is 4.61. The van der Waals surface area contributed by atoms with Gasteiger partial charge in [0.2, 0.25) is 5.91 Å². The summed E-state index contributed by atoms with van der Waals surface area (Å²) in [6, 6.07) is 7.89. The number of carbonyl (C=O) groups excluding carboxylic acids is 2. The summed E-state index contributed by atoms with van der Waals surface area (Å²) in [7, 11) is 0. The van der Waals surface area contributed by atoms with Crippen molar-refractivity contribution in [3.05, 3.63) is 35.4 Å². The van der Waals surface area contributed by atoms with E-state index < -0.39 is 0 Å². The standard InChI is InChI=1S/C17H23N3O2/c1-13-8-5-6-9-15(13)14(2)18-19-16(21)12-20-11-7-3-4-10-17(20)22/h5-6,8-9H,3-4,7,10-12H2,1-2H3,(H,19,21)/b18-14-. The molecular formula is C17H23N3O2. The first-order valence-electron chi connectivity index (χ1n) is 7.75. The normalized spacial score (nSPS) is 16.4. The lowest BCUT2D eigenvalue weighted by Crippen LogP contribution is -2.39. The lowest BCUT2D eigenvalue weighted by molar-refractivity contribution is -0.135. The number of nitrogens with zero attached hydrogens (tertiary/aromatic N) is 2. The van der Waals surface area contributed by atoms with E-state index in [1.807, 2.05) is 38.1 Å². The first kappa shape index (κ1) is 16.2. The van der Waals surface area contributed by atoms with Crippen molar-refractivity contribution in [3.8, 4) is 0 Å². The lowest BCUT2D eigenvalue weighted by atomic mass is 10.1. The first-order chi connectivity index (χ1) is 10.6. The molecule has 0 aliphatic carbocycles. The fraction of sp³-hybridized carbons (Fsp3) is 0.471. The molecule has 0 radical (unpaired) electrons. The van der Waals surface area contributed by atoms with Gasteiger partial charge in [0.25, 0.3) is 5.91 Å². The number of aryl methyl sites for hydroxylation is 1. The summed E-state index contributed by atoms with van der Waals surface area (Å²) < 4.78 is 0. The van der Waals surface area contributed by atoms with Gasteiger partial charge in [-0.2, -0.15) is 5.10 Å². The Balaban J connectivity index is 1.93. The molecule has 2 rings (SSSR count). The van der Waals surface area contributed by atoms with Gasteiger partial charge in [-0.1, -0.05) is 30.7 Å². The summed E-state index contributed by atoms with van der Waals surface area (Å²) in [5, 5.41) is 4.15. The van der Waals surface area contributed by atoms with Crippen molar-refractivity contribution >= 4 is 17.5 Å². The topological polar surface area (TPSA) is 61.8 Å². The van der Waals surface area contributed by atoms with Gasteiger partial charge in [-0.05, 0) is 32.3 Å². The molecule has 0 spiro atoms. The fourth-order valence-electron chi connectivity index (χ4n) is 2.60. The van der Waals surface area contributed by atoms with E-state index in [4.69, 9.17) is 0 Å². The van der Waals surface area contributed by atoms with Crippen LogP contribution in [-0.4, -0.2) is 35.5 Å². The van der Waals surface area contributed by atoms with Gasteiger partial charge >= 0.3 is 0 Å². The van der Waals surface area contributed by atoms with E-state index in [1.165, 1.54) is 0 Å². The molecule has 22 heavy (non-hydrogen) atoms. The molecule has 0 aromatic heterocycles. The van der Waals surface area contributed by atoms with Crippen molar-refractivity contribution in [1.82, 2.24) is 10.3 Å². The molecule has 0 unspecified atom stereocenters. The Hall–Kier alpha value is -2.17. The smallest absolute Gasteiger partial charge is 0.259 e. The molecule has 5 nitrogen and oxygen atoms in total. The van der Waals surface area contributed by atoms with Crippen LogP contribution in [0.1, 0.15) is 43.7 Å². The van der Waals surface area contributed by atoms with E-state index in [-0.39, 0.29) is 18.4 Å². The molecule has 1 aliphatic rings. The molecule has 1 aliphatic heterocycles. The van der Waals surface area contributed by atoms with Crippen LogP contribution >= 0.6 is 0 Å². The lowest BCUT2D eigenvalue weighted by Gasteiger charge is -2.19. The maximum atomic E-state index is 12.0. The maximum Gasteiger partial charge on any atom is 0.259 e. The van der Waals surface area contributed by atoms with Gasteiger partial charge in [0.05, 0.1) is 5.71 Å². The van der Waals surface area contributed by atoms with Gasteiger partial charge < -0.3 is 4.90 Å². The van der Waals surface area contributed by atoms with Crippen molar-refractivity contribution in [2.24, 2.45) is 5.10 Å². The molecule has 1 N–H and O–H groups in total. The molecule has 0 bridgehead atoms. The van der Waals surface area contributed by atoms with E-state index in [0.717, 1.165) is 36.1 Å². The van der Waals surface area contributed by atoms with Gasteiger partial charge in [-0.3, -0.25) is 9.59 Å². The average Bonchev–Trinajstić information content (AvgIpc) is 2.70. The van der Waals surface area contributed by atoms with E-state index in [2.05, 4.69) is 10.5 Å². The summed E-state index contributed by atoms with van der Waals surface area (Å²) in [5.41, 5.74) is 5.43. The molecule has 0 atom stereocenters. The number of amides is 2. The molecule has 1 aromatic carbocycles. The van der Waals surface area contributed by atoms with Crippen molar-refractivity contribution in [2.45, 2.75) is 39.5 Å². The van der Waals surface area contributed by atoms with Crippen LogP contribution in [0.2, 0.25) is 0 Å². The highest BCUT2D eigenvalue weighted by Gasteiger charge is 2.18. The highest BCUT2D eigenvalue weighted by atomic mass is 16.2. The Morgan fingerprint density at radius 3 is 2.82 bits per heavy atom. The Bertz CT molecular complexity index is 581. The number of hydrogen-bond donors (Lipinski definition) is 1. The Kier molecular flexibility index (Phi) is 5.69. The van der Waals surface area contributed by atoms with Crippen LogP contribution < -0.4 is 5.43 Å². The molecule has 1 fully saturated rings. The van der Waals surface area contributed by atoms with Crippen LogP contribution in [0, 0.1) is 6.92 Å². The van der Waals surface area contributed by atoms with Gasteiger partial charge in [0.1, 0.15) is 6.54 Å². The molecule has 0 saturated carbocycles. The molecule has 5 heteroatoms. The van der Waals surface area contributed by atoms with Gasteiger partial charge in [-0.25, -0.2) is 5.43 Å². The Labute approximate surface area is 131 Å². The number of carbonyl (C=O) groups is 2. The van der Waals surface area contributed by atoms with Gasteiger partial charge in [0, 0.05) is 18.5 Å². The molecule has 1 saturated heterocycles. The Morgan fingerprint density at radius 2 is 2.05 bits per heavy atom. The zero-order valence-corrected chi connectivity index (χ0v) is 13.3. The molecule has 118 valence electrons. The molecule has 2 amide bonds. The van der Waals surface area contributed by atoms with Crippen molar-refractivity contribution in [1.29, 1.82) is 0 Å². The van der Waals surface area contributed by atoms with E-state index in [1.54, 1.807) is 4.90 Å². The van der Waals surface area contributed by atoms with Crippen LogP contribution in [0.3, 0.4) is 0 Å². The zero-order chi connectivity index (χ0) is 15.9. The van der Waals surface area contributed by atoms with Crippen LogP contribution in [0.15, 0.2) is 29.4 Å². The molecule has 1 aromatic rings. The van der Waals surface area contributed by atoms with Crippen LogP contribution in [0.25, 0.3) is 0 Å². The second kappa shape index (κ2) is 7.73. The maximum absolute atomic E-state index is 12.0. The predicted molar refractivity (Wildman–Crippen MR) is 86.6 cm³/mol. The average molecular weight is 301 g/mol. The number of nitrogens with one attached hydrogen (secondary N) is 1. The van der Waals surface area contributed by atoms with E-state index in [0.29, 0.717) is 13.0 Å². The minimum Gasteiger partial charge on any atom is -0.333 e. The third kappa shape index (κ3) is 4.41. The van der Waals surface area contributed by atoms with Crippen LogP contribution in [0.4, 0.5) is 0 Å². The second-order valence-corrected chi connectivity index (χ2v) is 5.67. The number of rotatable bonds is 4. The quantitative estimate of drug-likeness (QED) is 0.685. The zero-order valence-electron chi connectivity index (χ0n) is 13.3. The van der Waals surface area contributed by atoms with Crippen LogP contribution in [0.5, 0.6) is 0 Å². The highest BCUT2D eigenvalue weighted by molar-refractivity contribution is 6.00. The minimum absolute atomic E-state index is 0.0623. The number of benzene rings is 1. The number of likely N-dealkylation sites (tertiary alicyclic amines) is 1. The highest BCUT2D eigenvalue weighted by Crippen LogP contribution is 2.11. The predicted octanol–water partition coefficient (Wildman–Crippen LogP) is 2.24. The summed E-state index contributed by atoms with van der Waals surface area (Å²) in [4.78, 5) is 25.5. The SMILES string of the molecule is C/C(=N/NC(=O)CN1CCCCCC1=O)c1ccccc1C. The summed E-state index contributed by atoms with van der Waals surface area (Å²) in [6.07, 6.45) is 3.47. The molecular weight excluding hydrogens is 278 g/mol. The number of hydrogen-bond acceptors (Lipinski definition) is 3. The van der Waals surface area contributed by atoms with Crippen molar-refractivity contribution in [2.75, 3.05) is 13.1 Å². The van der Waals surface area contributed by atoms with Gasteiger partial charge in [-0.15, -0.1) is 0 Å². The summed E-state index contributed by atoms with van der Waals surface area (Å²) in [5.74, 6) is -0.185. The van der Waals surface area contributed by atoms with Crippen molar-refractivity contribution < 1.29 is 9.59 Å². The monoisotopic (exact) mass is 301 g/mol. The van der Waals surface area contributed by atoms with Gasteiger partial charge in [0.15, 0.2) is 0 Å².